The number of benzene rings is 3. The lowest BCUT2D eigenvalue weighted by Crippen LogP contribution is -2.23. The highest BCUT2D eigenvalue weighted by Gasteiger charge is 2.34. The van der Waals surface area contributed by atoms with Crippen LogP contribution in [0.15, 0.2) is 72.8 Å². The minimum Gasteiger partial charge on any atom is -0.455 e. The van der Waals surface area contributed by atoms with Crippen molar-refractivity contribution in [2.45, 2.75) is 19.3 Å². The Morgan fingerprint density at radius 3 is 2.00 bits per heavy atom. The van der Waals surface area contributed by atoms with Gasteiger partial charge >= 0.3 is 5.97 Å². The zero-order valence-corrected chi connectivity index (χ0v) is 15.6. The van der Waals surface area contributed by atoms with Crippen molar-refractivity contribution in [1.82, 2.24) is 0 Å². The molecule has 0 bridgehead atoms. The van der Waals surface area contributed by atoms with Gasteiger partial charge in [0, 0.05) is 5.69 Å². The number of carbonyl (C=O) groups is 2. The third-order valence-corrected chi connectivity index (χ3v) is 5.06. The van der Waals surface area contributed by atoms with E-state index in [1.54, 1.807) is 0 Å². The molecule has 4 heteroatoms. The first kappa shape index (κ1) is 18.0. The molecule has 0 saturated carbocycles. The van der Waals surface area contributed by atoms with Crippen LogP contribution in [0.25, 0.3) is 11.1 Å². The summed E-state index contributed by atoms with van der Waals surface area (Å²) in [5.41, 5.74) is 5.81. The second-order valence-corrected chi connectivity index (χ2v) is 6.81. The topological polar surface area (TPSA) is 55.4 Å². The quantitative estimate of drug-likeness (QED) is 0.670. The molecule has 0 saturated heterocycles. The molecule has 1 aliphatic rings. The van der Waals surface area contributed by atoms with E-state index < -0.39 is 11.9 Å². The Hall–Kier alpha value is -3.40. The van der Waals surface area contributed by atoms with Crippen molar-refractivity contribution in [3.8, 4) is 11.1 Å². The van der Waals surface area contributed by atoms with E-state index in [0.717, 1.165) is 28.7 Å². The van der Waals surface area contributed by atoms with E-state index in [4.69, 9.17) is 4.74 Å². The maximum Gasteiger partial charge on any atom is 0.318 e. The van der Waals surface area contributed by atoms with Crippen molar-refractivity contribution >= 4 is 17.6 Å². The molecule has 0 aromatic heterocycles. The lowest BCUT2D eigenvalue weighted by Gasteiger charge is -2.13. The first-order valence-corrected chi connectivity index (χ1v) is 9.41. The number of rotatable bonds is 5. The molecular formula is C24H21NO3. The zero-order valence-electron chi connectivity index (χ0n) is 15.6. The van der Waals surface area contributed by atoms with Gasteiger partial charge in [-0.2, -0.15) is 0 Å². The summed E-state index contributed by atoms with van der Waals surface area (Å²) >= 11 is 0. The number of hydrogen-bond acceptors (Lipinski definition) is 3. The van der Waals surface area contributed by atoms with Crippen LogP contribution in [0.1, 0.15) is 29.5 Å². The lowest BCUT2D eigenvalue weighted by molar-refractivity contribution is -0.147. The maximum absolute atomic E-state index is 12.8. The monoisotopic (exact) mass is 371 g/mol. The van der Waals surface area contributed by atoms with Gasteiger partial charge in [-0.15, -0.1) is 0 Å². The van der Waals surface area contributed by atoms with Gasteiger partial charge in [0.25, 0.3) is 5.91 Å². The molecular weight excluding hydrogens is 350 g/mol. The molecule has 140 valence electrons. The van der Waals surface area contributed by atoms with Crippen molar-refractivity contribution < 1.29 is 14.3 Å². The molecule has 0 atom stereocenters. The van der Waals surface area contributed by atoms with Gasteiger partial charge in [0.2, 0.25) is 0 Å². The van der Waals surface area contributed by atoms with Crippen LogP contribution in [0.4, 0.5) is 5.69 Å². The van der Waals surface area contributed by atoms with Gasteiger partial charge in [0.1, 0.15) is 5.92 Å². The predicted octanol–water partition coefficient (Wildman–Crippen LogP) is 4.54. The number of amides is 1. The van der Waals surface area contributed by atoms with Crippen molar-refractivity contribution in [3.63, 3.8) is 0 Å². The number of carbonyl (C=O) groups excluding carboxylic acids is 2. The average Bonchev–Trinajstić information content (AvgIpc) is 3.07. The van der Waals surface area contributed by atoms with E-state index in [1.807, 2.05) is 72.8 Å². The van der Waals surface area contributed by atoms with Crippen molar-refractivity contribution in [2.24, 2.45) is 0 Å². The van der Waals surface area contributed by atoms with Gasteiger partial charge in [-0.25, -0.2) is 0 Å². The summed E-state index contributed by atoms with van der Waals surface area (Å²) in [6.45, 7) is 1.77. The van der Waals surface area contributed by atoms with E-state index in [1.165, 1.54) is 5.56 Å². The Morgan fingerprint density at radius 2 is 1.43 bits per heavy atom. The van der Waals surface area contributed by atoms with Gasteiger partial charge < -0.3 is 10.1 Å². The molecule has 3 aromatic carbocycles. The van der Waals surface area contributed by atoms with Crippen molar-refractivity contribution in [2.75, 3.05) is 11.9 Å². The molecule has 0 unspecified atom stereocenters. The fourth-order valence-corrected chi connectivity index (χ4v) is 3.65. The van der Waals surface area contributed by atoms with Gasteiger partial charge in [-0.3, -0.25) is 9.59 Å². The molecule has 1 aliphatic carbocycles. The first-order chi connectivity index (χ1) is 13.7. The van der Waals surface area contributed by atoms with E-state index >= 15 is 0 Å². The Balaban J connectivity index is 1.44. The summed E-state index contributed by atoms with van der Waals surface area (Å²) in [6, 6.07) is 23.3. The predicted molar refractivity (Wildman–Crippen MR) is 109 cm³/mol. The smallest absolute Gasteiger partial charge is 0.318 e. The van der Waals surface area contributed by atoms with Gasteiger partial charge in [-0.05, 0) is 46.4 Å². The molecule has 0 aliphatic heterocycles. The highest BCUT2D eigenvalue weighted by molar-refractivity contribution is 5.96. The van der Waals surface area contributed by atoms with E-state index in [9.17, 15) is 9.59 Å². The first-order valence-electron chi connectivity index (χ1n) is 9.41. The number of ether oxygens (including phenoxy) is 1. The molecule has 1 N–H and O–H groups in total. The second kappa shape index (κ2) is 7.69. The summed E-state index contributed by atoms with van der Waals surface area (Å²) in [5.74, 6) is -1.25. The van der Waals surface area contributed by atoms with Crippen LogP contribution in [0.2, 0.25) is 0 Å². The highest BCUT2D eigenvalue weighted by atomic mass is 16.5. The Bertz CT molecular complexity index is 979. The molecule has 1 amide bonds. The van der Waals surface area contributed by atoms with Crippen LogP contribution >= 0.6 is 0 Å². The molecule has 4 nitrogen and oxygen atoms in total. The second-order valence-electron chi connectivity index (χ2n) is 6.81. The molecule has 0 heterocycles. The Labute approximate surface area is 164 Å². The molecule has 3 aromatic rings. The van der Waals surface area contributed by atoms with Crippen LogP contribution in [0, 0.1) is 0 Å². The molecule has 0 fully saturated rings. The van der Waals surface area contributed by atoms with Crippen LogP contribution in [-0.4, -0.2) is 18.5 Å². The third-order valence-electron chi connectivity index (χ3n) is 5.06. The van der Waals surface area contributed by atoms with E-state index in [2.05, 4.69) is 12.2 Å². The van der Waals surface area contributed by atoms with E-state index in [0.29, 0.717) is 5.69 Å². The summed E-state index contributed by atoms with van der Waals surface area (Å²) in [5, 5.41) is 2.76. The zero-order chi connectivity index (χ0) is 19.5. The summed E-state index contributed by atoms with van der Waals surface area (Å²) in [4.78, 5) is 25.0. The van der Waals surface area contributed by atoms with Crippen molar-refractivity contribution in [1.29, 1.82) is 0 Å². The normalized spacial score (nSPS) is 12.2. The fraction of sp³-hybridized carbons (Fsp3) is 0.167. The fourth-order valence-electron chi connectivity index (χ4n) is 3.65. The van der Waals surface area contributed by atoms with Crippen LogP contribution < -0.4 is 5.32 Å². The number of fused-ring (bicyclic) bond motifs is 3. The van der Waals surface area contributed by atoms with Gasteiger partial charge in [0.05, 0.1) is 0 Å². The van der Waals surface area contributed by atoms with Crippen LogP contribution in [0.3, 0.4) is 0 Å². The minimum atomic E-state index is -0.496. The number of nitrogens with one attached hydrogen (secondary N) is 1. The van der Waals surface area contributed by atoms with Gasteiger partial charge in [-0.1, -0.05) is 67.6 Å². The average molecular weight is 371 g/mol. The molecule has 0 radical (unpaired) electrons. The number of anilines is 1. The number of aryl methyl sites for hydroxylation is 1. The van der Waals surface area contributed by atoms with Crippen LogP contribution in [-0.2, 0) is 20.7 Å². The van der Waals surface area contributed by atoms with Crippen LogP contribution in [0.5, 0.6) is 0 Å². The summed E-state index contributed by atoms with van der Waals surface area (Å²) in [7, 11) is 0. The SMILES string of the molecule is CCc1ccc(NC(=O)COC(=O)C2c3ccccc3-c3ccccc32)cc1. The number of hydrogen-bond donors (Lipinski definition) is 1. The minimum absolute atomic E-state index is 0.310. The van der Waals surface area contributed by atoms with Gasteiger partial charge in [0.15, 0.2) is 6.61 Å². The Morgan fingerprint density at radius 1 is 0.857 bits per heavy atom. The molecule has 0 spiro atoms. The molecule has 4 rings (SSSR count). The maximum atomic E-state index is 12.8. The lowest BCUT2D eigenvalue weighted by atomic mass is 9.97. The number of esters is 1. The summed E-state index contributed by atoms with van der Waals surface area (Å²) in [6.07, 6.45) is 0.941. The van der Waals surface area contributed by atoms with Crippen molar-refractivity contribution in [3.05, 3.63) is 89.5 Å². The standard InChI is InChI=1S/C24H21NO3/c1-2-16-11-13-17(14-12-16)25-22(26)15-28-24(27)23-20-9-5-3-7-18(20)19-8-4-6-10-21(19)23/h3-14,23H,2,15H2,1H3,(H,25,26). The third kappa shape index (κ3) is 3.41. The highest BCUT2D eigenvalue weighted by Crippen LogP contribution is 2.44. The largest absolute Gasteiger partial charge is 0.455 e. The molecule has 28 heavy (non-hydrogen) atoms. The van der Waals surface area contributed by atoms with E-state index in [-0.39, 0.29) is 12.5 Å². The Kier molecular flexibility index (Phi) is 4.94. The summed E-state index contributed by atoms with van der Waals surface area (Å²) < 4.78 is 5.37.